The molecule has 0 saturated heterocycles. The average molecular weight is 253 g/mol. The van der Waals surface area contributed by atoms with E-state index in [1.54, 1.807) is 0 Å². The summed E-state index contributed by atoms with van der Waals surface area (Å²) >= 11 is 0. The predicted octanol–water partition coefficient (Wildman–Crippen LogP) is 4.16. The molecule has 0 heterocycles. The molecule has 0 saturated carbocycles. The zero-order valence-corrected chi connectivity index (χ0v) is 11.9. The van der Waals surface area contributed by atoms with Crippen molar-refractivity contribution in [3.63, 3.8) is 0 Å². The van der Waals surface area contributed by atoms with E-state index < -0.39 is 0 Å². The number of hydrogen-bond acceptors (Lipinski definition) is 1. The fourth-order valence-corrected chi connectivity index (χ4v) is 2.51. The molecular formula is C18H23N. The summed E-state index contributed by atoms with van der Waals surface area (Å²) in [5, 5.41) is 0. The highest BCUT2D eigenvalue weighted by Crippen LogP contribution is 2.25. The van der Waals surface area contributed by atoms with E-state index in [4.69, 9.17) is 0 Å². The molecule has 100 valence electrons. The van der Waals surface area contributed by atoms with Crippen LogP contribution in [0.25, 0.3) is 0 Å². The lowest BCUT2D eigenvalue weighted by atomic mass is 9.91. The minimum Gasteiger partial charge on any atom is -0.303 e. The van der Waals surface area contributed by atoms with Gasteiger partial charge in [-0.3, -0.25) is 0 Å². The molecule has 0 amide bonds. The molecule has 0 aliphatic carbocycles. The lowest BCUT2D eigenvalue weighted by Gasteiger charge is -2.26. The lowest BCUT2D eigenvalue weighted by Crippen LogP contribution is -2.28. The number of likely N-dealkylation sites (N-methyl/N-ethyl adjacent to an activating group) is 1. The summed E-state index contributed by atoms with van der Waals surface area (Å²) < 4.78 is 0. The van der Waals surface area contributed by atoms with Crippen LogP contribution in [-0.4, -0.2) is 24.5 Å². The van der Waals surface area contributed by atoms with E-state index in [0.29, 0.717) is 5.92 Å². The standard InChI is InChI=1S/C18H23N/c1-3-19(4-2)15-18(16-11-7-5-8-12-16)17-13-9-6-10-14-17/h5-14,18H,3-4,15H2,1-2H3. The van der Waals surface area contributed by atoms with Crippen LogP contribution in [0.3, 0.4) is 0 Å². The zero-order chi connectivity index (χ0) is 13.5. The maximum absolute atomic E-state index is 2.49. The highest BCUT2D eigenvalue weighted by Gasteiger charge is 2.16. The smallest absolute Gasteiger partial charge is 0.0217 e. The maximum atomic E-state index is 2.49. The van der Waals surface area contributed by atoms with Crippen molar-refractivity contribution < 1.29 is 0 Å². The van der Waals surface area contributed by atoms with E-state index in [-0.39, 0.29) is 0 Å². The summed E-state index contributed by atoms with van der Waals surface area (Å²) in [6.07, 6.45) is 0. The van der Waals surface area contributed by atoms with Crippen LogP contribution in [0.1, 0.15) is 30.9 Å². The van der Waals surface area contributed by atoms with Gasteiger partial charge in [-0.1, -0.05) is 74.5 Å². The van der Waals surface area contributed by atoms with Crippen LogP contribution < -0.4 is 0 Å². The van der Waals surface area contributed by atoms with Gasteiger partial charge in [-0.05, 0) is 24.2 Å². The molecular weight excluding hydrogens is 230 g/mol. The first-order chi connectivity index (χ1) is 9.35. The van der Waals surface area contributed by atoms with Crippen LogP contribution >= 0.6 is 0 Å². The Morgan fingerprint density at radius 1 is 0.737 bits per heavy atom. The minimum atomic E-state index is 0.460. The van der Waals surface area contributed by atoms with Gasteiger partial charge < -0.3 is 4.90 Å². The van der Waals surface area contributed by atoms with E-state index in [2.05, 4.69) is 79.4 Å². The molecule has 1 heteroatoms. The predicted molar refractivity (Wildman–Crippen MR) is 82.5 cm³/mol. The molecule has 0 fully saturated rings. The van der Waals surface area contributed by atoms with Crippen LogP contribution in [0.4, 0.5) is 0 Å². The Morgan fingerprint density at radius 3 is 1.53 bits per heavy atom. The Morgan fingerprint density at radius 2 is 1.16 bits per heavy atom. The van der Waals surface area contributed by atoms with Crippen LogP contribution in [0.5, 0.6) is 0 Å². The van der Waals surface area contributed by atoms with Gasteiger partial charge in [0, 0.05) is 12.5 Å². The van der Waals surface area contributed by atoms with E-state index >= 15 is 0 Å². The van der Waals surface area contributed by atoms with Crippen LogP contribution in [0.2, 0.25) is 0 Å². The summed E-state index contributed by atoms with van der Waals surface area (Å²) in [7, 11) is 0. The van der Waals surface area contributed by atoms with Crippen LogP contribution in [0, 0.1) is 0 Å². The van der Waals surface area contributed by atoms with Crippen LogP contribution in [-0.2, 0) is 0 Å². The molecule has 0 bridgehead atoms. The highest BCUT2D eigenvalue weighted by molar-refractivity contribution is 5.32. The molecule has 0 unspecified atom stereocenters. The number of hydrogen-bond donors (Lipinski definition) is 0. The van der Waals surface area contributed by atoms with Gasteiger partial charge in [0.15, 0.2) is 0 Å². The molecule has 0 spiro atoms. The Kier molecular flexibility index (Phi) is 5.17. The third-order valence-electron chi connectivity index (χ3n) is 3.74. The Hall–Kier alpha value is -1.60. The molecule has 0 N–H and O–H groups in total. The third-order valence-corrected chi connectivity index (χ3v) is 3.74. The van der Waals surface area contributed by atoms with Gasteiger partial charge in [-0.2, -0.15) is 0 Å². The maximum Gasteiger partial charge on any atom is 0.0217 e. The second kappa shape index (κ2) is 7.10. The SMILES string of the molecule is CCN(CC)CC(c1ccccc1)c1ccccc1. The van der Waals surface area contributed by atoms with Crippen molar-refractivity contribution in [2.24, 2.45) is 0 Å². The van der Waals surface area contributed by atoms with E-state index in [9.17, 15) is 0 Å². The number of benzene rings is 2. The second-order valence-electron chi connectivity index (χ2n) is 4.86. The number of rotatable bonds is 6. The average Bonchev–Trinajstić information content (AvgIpc) is 2.50. The van der Waals surface area contributed by atoms with Crippen molar-refractivity contribution in [1.29, 1.82) is 0 Å². The summed E-state index contributed by atoms with van der Waals surface area (Å²) in [5.74, 6) is 0.460. The summed E-state index contributed by atoms with van der Waals surface area (Å²) in [6.45, 7) is 7.76. The summed E-state index contributed by atoms with van der Waals surface area (Å²) in [5.41, 5.74) is 2.81. The van der Waals surface area contributed by atoms with Gasteiger partial charge in [-0.25, -0.2) is 0 Å². The molecule has 0 radical (unpaired) electrons. The molecule has 0 aromatic heterocycles. The van der Waals surface area contributed by atoms with Crippen molar-refractivity contribution >= 4 is 0 Å². The van der Waals surface area contributed by atoms with Crippen molar-refractivity contribution in [2.75, 3.05) is 19.6 Å². The van der Waals surface area contributed by atoms with E-state index in [0.717, 1.165) is 19.6 Å². The quantitative estimate of drug-likeness (QED) is 0.747. The van der Waals surface area contributed by atoms with Gasteiger partial charge in [0.05, 0.1) is 0 Å². The third kappa shape index (κ3) is 3.68. The van der Waals surface area contributed by atoms with Crippen LogP contribution in [0.15, 0.2) is 60.7 Å². The van der Waals surface area contributed by atoms with Gasteiger partial charge >= 0.3 is 0 Å². The molecule has 0 aliphatic heterocycles. The zero-order valence-electron chi connectivity index (χ0n) is 11.9. The fraction of sp³-hybridized carbons (Fsp3) is 0.333. The largest absolute Gasteiger partial charge is 0.303 e. The first-order valence-electron chi connectivity index (χ1n) is 7.17. The monoisotopic (exact) mass is 253 g/mol. The topological polar surface area (TPSA) is 3.24 Å². The van der Waals surface area contributed by atoms with E-state index in [1.165, 1.54) is 11.1 Å². The highest BCUT2D eigenvalue weighted by atomic mass is 15.1. The number of nitrogens with zero attached hydrogens (tertiary/aromatic N) is 1. The van der Waals surface area contributed by atoms with Gasteiger partial charge in [0.25, 0.3) is 0 Å². The van der Waals surface area contributed by atoms with Crippen molar-refractivity contribution in [3.05, 3.63) is 71.8 Å². The Labute approximate surface area is 116 Å². The lowest BCUT2D eigenvalue weighted by molar-refractivity contribution is 0.294. The molecule has 2 aromatic carbocycles. The molecule has 0 aliphatic rings. The fourth-order valence-electron chi connectivity index (χ4n) is 2.51. The Bertz CT molecular complexity index is 420. The van der Waals surface area contributed by atoms with Crippen molar-refractivity contribution in [2.45, 2.75) is 19.8 Å². The molecule has 1 nitrogen and oxygen atoms in total. The second-order valence-corrected chi connectivity index (χ2v) is 4.86. The minimum absolute atomic E-state index is 0.460. The van der Waals surface area contributed by atoms with Gasteiger partial charge in [0.2, 0.25) is 0 Å². The summed E-state index contributed by atoms with van der Waals surface area (Å²) in [4.78, 5) is 2.49. The van der Waals surface area contributed by atoms with Gasteiger partial charge in [-0.15, -0.1) is 0 Å². The first kappa shape index (κ1) is 13.8. The molecule has 2 rings (SSSR count). The van der Waals surface area contributed by atoms with Gasteiger partial charge in [0.1, 0.15) is 0 Å². The Balaban J connectivity index is 2.29. The molecule has 19 heavy (non-hydrogen) atoms. The summed E-state index contributed by atoms with van der Waals surface area (Å²) in [6, 6.07) is 21.7. The normalized spacial score (nSPS) is 11.2. The first-order valence-corrected chi connectivity index (χ1v) is 7.17. The van der Waals surface area contributed by atoms with E-state index in [1.807, 2.05) is 0 Å². The molecule has 0 atom stereocenters. The van der Waals surface area contributed by atoms with Crippen molar-refractivity contribution in [3.8, 4) is 0 Å². The van der Waals surface area contributed by atoms with Crippen molar-refractivity contribution in [1.82, 2.24) is 4.90 Å². The molecule has 2 aromatic rings.